The Labute approximate surface area is 170 Å². The van der Waals surface area contributed by atoms with Gasteiger partial charge in [-0.05, 0) is 39.2 Å². The molecule has 1 amide bonds. The number of thiazole rings is 1. The van der Waals surface area contributed by atoms with Crippen molar-refractivity contribution >= 4 is 23.2 Å². The van der Waals surface area contributed by atoms with Crippen molar-refractivity contribution in [3.05, 3.63) is 16.1 Å². The largest absolute Gasteiger partial charge is 0.490 e. The number of carboxylic acids is 1. The number of carbonyl (C=O) groups excluding carboxylic acids is 1. The van der Waals surface area contributed by atoms with Gasteiger partial charge >= 0.3 is 12.1 Å². The molecule has 2 aliphatic rings. The first-order valence-electron chi connectivity index (χ1n) is 9.37. The zero-order valence-corrected chi connectivity index (χ0v) is 17.0. The molecule has 1 spiro atoms. The van der Waals surface area contributed by atoms with Crippen molar-refractivity contribution in [3.63, 3.8) is 0 Å². The number of carboxylic acid groups (broad SMARTS) is 1. The van der Waals surface area contributed by atoms with Crippen LogP contribution in [0.1, 0.15) is 42.0 Å². The summed E-state index contributed by atoms with van der Waals surface area (Å²) in [5.74, 6) is -2.61. The molecule has 0 aliphatic carbocycles. The van der Waals surface area contributed by atoms with Gasteiger partial charge in [-0.1, -0.05) is 0 Å². The number of aromatic nitrogens is 1. The van der Waals surface area contributed by atoms with Crippen LogP contribution in [0.5, 0.6) is 0 Å². The molecule has 29 heavy (non-hydrogen) atoms. The van der Waals surface area contributed by atoms with Gasteiger partial charge in [-0.15, -0.1) is 11.3 Å². The molecule has 1 unspecified atom stereocenters. The molecular weight excluding hydrogens is 414 g/mol. The molecule has 2 fully saturated rings. The van der Waals surface area contributed by atoms with Crippen molar-refractivity contribution < 1.29 is 32.3 Å². The molecule has 0 saturated carbocycles. The third kappa shape index (κ3) is 6.36. The maximum absolute atomic E-state index is 12.8. The molecule has 2 saturated heterocycles. The Bertz CT molecular complexity index is 713. The van der Waals surface area contributed by atoms with Gasteiger partial charge in [0.2, 0.25) is 5.91 Å². The summed E-state index contributed by atoms with van der Waals surface area (Å²) in [6.07, 6.45) is 1.43. The summed E-state index contributed by atoms with van der Waals surface area (Å²) in [6.45, 7) is 4.84. The van der Waals surface area contributed by atoms with Crippen molar-refractivity contribution in [2.45, 2.75) is 57.3 Å². The molecule has 1 aromatic rings. The molecule has 0 radical (unpaired) electrons. The number of carbonyl (C=O) groups is 2. The Morgan fingerprint density at radius 3 is 2.55 bits per heavy atom. The van der Waals surface area contributed by atoms with E-state index in [9.17, 15) is 22.4 Å². The first-order valence-corrected chi connectivity index (χ1v) is 10.2. The van der Waals surface area contributed by atoms with Crippen LogP contribution < -0.4 is 0 Å². The summed E-state index contributed by atoms with van der Waals surface area (Å²) in [6, 6.07) is 0. The summed E-state index contributed by atoms with van der Waals surface area (Å²) in [7, 11) is 0. The summed E-state index contributed by atoms with van der Waals surface area (Å²) in [4.78, 5) is 30.9. The Kier molecular flexibility index (Phi) is 7.98. The Hall–Kier alpha value is -1.75. The number of likely N-dealkylation sites (tertiary alicyclic amines) is 2. The van der Waals surface area contributed by atoms with Crippen molar-refractivity contribution in [2.24, 2.45) is 0 Å². The Morgan fingerprint density at radius 1 is 1.31 bits per heavy atom. The fourth-order valence-electron chi connectivity index (χ4n) is 3.93. The molecule has 0 aromatic carbocycles. The van der Waals surface area contributed by atoms with Gasteiger partial charge in [0, 0.05) is 42.7 Å². The Morgan fingerprint density at radius 2 is 2.00 bits per heavy atom. The average molecular weight is 439 g/mol. The molecule has 1 aromatic heterocycles. The third-order valence-corrected chi connectivity index (χ3v) is 6.18. The molecule has 1 N–H and O–H groups in total. The standard InChI is InChI=1S/C16H24FN3OS.C2HF3O2/c1-13-18-11-14(22-13)12-19-8-2-4-16(6-9-19)5-3-15(21)20(16)10-7-17;3-2(4,5)1(6)7/h11H,2-10,12H2,1H3;(H,6,7). The van der Waals surface area contributed by atoms with Crippen LogP contribution >= 0.6 is 11.3 Å². The van der Waals surface area contributed by atoms with E-state index in [1.165, 1.54) is 4.88 Å². The van der Waals surface area contributed by atoms with E-state index in [0.29, 0.717) is 6.42 Å². The van der Waals surface area contributed by atoms with Crippen LogP contribution in [0.2, 0.25) is 0 Å². The maximum atomic E-state index is 12.8. The van der Waals surface area contributed by atoms with Gasteiger partial charge in [0.1, 0.15) is 6.67 Å². The highest BCUT2D eigenvalue weighted by atomic mass is 32.1. The minimum absolute atomic E-state index is 0.0818. The van der Waals surface area contributed by atoms with Gasteiger partial charge in [-0.2, -0.15) is 13.2 Å². The lowest BCUT2D eigenvalue weighted by Crippen LogP contribution is -2.47. The number of hydrogen-bond donors (Lipinski definition) is 1. The molecule has 6 nitrogen and oxygen atoms in total. The Balaban J connectivity index is 0.000000370. The fourth-order valence-corrected chi connectivity index (χ4v) is 4.77. The minimum atomic E-state index is -5.08. The third-order valence-electron chi connectivity index (χ3n) is 5.29. The van der Waals surface area contributed by atoms with Gasteiger partial charge in [0.15, 0.2) is 0 Å². The first kappa shape index (κ1) is 23.5. The van der Waals surface area contributed by atoms with Gasteiger partial charge in [-0.25, -0.2) is 14.2 Å². The molecule has 11 heteroatoms. The number of hydrogen-bond acceptors (Lipinski definition) is 5. The number of aryl methyl sites for hydroxylation is 1. The second-order valence-corrected chi connectivity index (χ2v) is 8.56. The van der Waals surface area contributed by atoms with E-state index >= 15 is 0 Å². The highest BCUT2D eigenvalue weighted by molar-refractivity contribution is 7.11. The predicted molar refractivity (Wildman–Crippen MR) is 99.3 cm³/mol. The lowest BCUT2D eigenvalue weighted by atomic mass is 9.88. The van der Waals surface area contributed by atoms with Crippen molar-refractivity contribution in [1.29, 1.82) is 0 Å². The molecule has 3 heterocycles. The maximum Gasteiger partial charge on any atom is 0.490 e. The smallest absolute Gasteiger partial charge is 0.475 e. The number of amides is 1. The summed E-state index contributed by atoms with van der Waals surface area (Å²) >= 11 is 1.75. The van der Waals surface area contributed by atoms with Gasteiger partial charge in [0.05, 0.1) is 5.01 Å². The number of nitrogens with zero attached hydrogens (tertiary/aromatic N) is 3. The lowest BCUT2D eigenvalue weighted by molar-refractivity contribution is -0.192. The second-order valence-electron chi connectivity index (χ2n) is 7.24. The van der Waals surface area contributed by atoms with Crippen LogP contribution in [0.4, 0.5) is 17.6 Å². The van der Waals surface area contributed by atoms with E-state index in [1.54, 1.807) is 11.3 Å². The second kappa shape index (κ2) is 9.84. The van der Waals surface area contributed by atoms with E-state index in [2.05, 4.69) is 9.88 Å². The van der Waals surface area contributed by atoms with Crippen LogP contribution in [-0.2, 0) is 16.1 Å². The number of halogens is 4. The molecule has 2 aliphatic heterocycles. The predicted octanol–water partition coefficient (Wildman–Crippen LogP) is 3.40. The molecule has 1 atom stereocenters. The lowest BCUT2D eigenvalue weighted by Gasteiger charge is -2.37. The van der Waals surface area contributed by atoms with E-state index < -0.39 is 18.8 Å². The normalized spacial score (nSPS) is 23.1. The van der Waals surface area contributed by atoms with Crippen LogP contribution in [0.3, 0.4) is 0 Å². The topological polar surface area (TPSA) is 73.7 Å². The molecule has 164 valence electrons. The molecule has 3 rings (SSSR count). The van der Waals surface area contributed by atoms with E-state index in [4.69, 9.17) is 9.90 Å². The first-order chi connectivity index (χ1) is 13.6. The van der Waals surface area contributed by atoms with Crippen molar-refractivity contribution in [1.82, 2.24) is 14.8 Å². The zero-order chi connectivity index (χ0) is 21.7. The number of aliphatic carboxylic acids is 1. The van der Waals surface area contributed by atoms with E-state index in [0.717, 1.165) is 50.3 Å². The number of rotatable bonds is 4. The highest BCUT2D eigenvalue weighted by Gasteiger charge is 2.45. The molecule has 0 bridgehead atoms. The van der Waals surface area contributed by atoms with Crippen LogP contribution in [-0.4, -0.2) is 69.8 Å². The van der Waals surface area contributed by atoms with Gasteiger partial charge < -0.3 is 10.0 Å². The number of alkyl halides is 4. The van der Waals surface area contributed by atoms with Crippen LogP contribution in [0.25, 0.3) is 0 Å². The van der Waals surface area contributed by atoms with E-state index in [-0.39, 0.29) is 18.0 Å². The SMILES string of the molecule is Cc1ncc(CN2CCCC3(CCC(=O)N3CCF)CC2)s1.O=C(O)C(F)(F)F. The van der Waals surface area contributed by atoms with Crippen LogP contribution in [0.15, 0.2) is 6.20 Å². The fraction of sp³-hybridized carbons (Fsp3) is 0.722. The average Bonchev–Trinajstić information content (AvgIpc) is 3.09. The van der Waals surface area contributed by atoms with Crippen LogP contribution in [0, 0.1) is 6.92 Å². The van der Waals surface area contributed by atoms with Crippen molar-refractivity contribution in [2.75, 3.05) is 26.3 Å². The van der Waals surface area contributed by atoms with E-state index in [1.807, 2.05) is 18.0 Å². The molecular formula is C18H25F4N3O3S. The summed E-state index contributed by atoms with van der Waals surface area (Å²) in [5.41, 5.74) is -0.0818. The minimum Gasteiger partial charge on any atom is -0.475 e. The highest BCUT2D eigenvalue weighted by Crippen LogP contribution is 2.39. The summed E-state index contributed by atoms with van der Waals surface area (Å²) in [5, 5.41) is 8.23. The quantitative estimate of drug-likeness (QED) is 0.728. The monoisotopic (exact) mass is 439 g/mol. The van der Waals surface area contributed by atoms with Gasteiger partial charge in [-0.3, -0.25) is 9.69 Å². The van der Waals surface area contributed by atoms with Gasteiger partial charge in [0.25, 0.3) is 0 Å². The summed E-state index contributed by atoms with van der Waals surface area (Å²) < 4.78 is 44.6. The zero-order valence-electron chi connectivity index (χ0n) is 16.2. The van der Waals surface area contributed by atoms with Crippen molar-refractivity contribution in [3.8, 4) is 0 Å².